The number of pyridine rings is 1. The van der Waals surface area contributed by atoms with Crippen LogP contribution in [0.4, 0.5) is 14.5 Å². The van der Waals surface area contributed by atoms with E-state index >= 15 is 0 Å². The SMILES string of the molecule is CC(C)NS(=O)(=O)C1CCN(c2ccnc3c(F)cc(F)cc23)C1. The van der Waals surface area contributed by atoms with Crippen LogP contribution in [0.5, 0.6) is 0 Å². The van der Waals surface area contributed by atoms with Gasteiger partial charge in [0.05, 0.1) is 5.25 Å². The Morgan fingerprint density at radius 1 is 1.33 bits per heavy atom. The second-order valence-corrected chi connectivity index (χ2v) is 8.28. The molecular formula is C16H19F2N3O2S. The van der Waals surface area contributed by atoms with Crippen LogP contribution in [0, 0.1) is 11.6 Å². The third kappa shape index (κ3) is 3.21. The van der Waals surface area contributed by atoms with Crippen LogP contribution in [0.15, 0.2) is 24.4 Å². The molecule has 0 spiro atoms. The lowest BCUT2D eigenvalue weighted by atomic mass is 10.1. The van der Waals surface area contributed by atoms with E-state index in [9.17, 15) is 17.2 Å². The molecule has 1 saturated heterocycles. The maximum absolute atomic E-state index is 13.9. The van der Waals surface area contributed by atoms with Gasteiger partial charge in [-0.05, 0) is 32.4 Å². The molecule has 1 atom stereocenters. The Labute approximate surface area is 139 Å². The molecule has 1 aromatic heterocycles. The number of hydrogen-bond donors (Lipinski definition) is 1. The predicted molar refractivity (Wildman–Crippen MR) is 89.5 cm³/mol. The van der Waals surface area contributed by atoms with Crippen LogP contribution in [0.3, 0.4) is 0 Å². The molecule has 0 bridgehead atoms. The van der Waals surface area contributed by atoms with E-state index in [-0.39, 0.29) is 18.1 Å². The van der Waals surface area contributed by atoms with E-state index in [4.69, 9.17) is 0 Å². The van der Waals surface area contributed by atoms with Crippen molar-refractivity contribution in [3.8, 4) is 0 Å². The molecule has 1 aliphatic heterocycles. The monoisotopic (exact) mass is 355 g/mol. The third-order valence-corrected chi connectivity index (χ3v) is 6.13. The van der Waals surface area contributed by atoms with Crippen molar-refractivity contribution in [1.82, 2.24) is 9.71 Å². The van der Waals surface area contributed by atoms with Gasteiger partial charge in [0.15, 0.2) is 5.82 Å². The number of fused-ring (bicyclic) bond motifs is 1. The molecule has 1 unspecified atom stereocenters. The van der Waals surface area contributed by atoms with E-state index in [0.29, 0.717) is 24.0 Å². The number of aromatic nitrogens is 1. The van der Waals surface area contributed by atoms with Gasteiger partial charge in [-0.25, -0.2) is 21.9 Å². The van der Waals surface area contributed by atoms with E-state index in [2.05, 4.69) is 9.71 Å². The van der Waals surface area contributed by atoms with Gasteiger partial charge >= 0.3 is 0 Å². The Hall–Kier alpha value is -1.80. The maximum Gasteiger partial charge on any atom is 0.216 e. The number of anilines is 1. The van der Waals surface area contributed by atoms with Crippen molar-refractivity contribution in [2.45, 2.75) is 31.6 Å². The number of hydrogen-bond acceptors (Lipinski definition) is 4. The summed E-state index contributed by atoms with van der Waals surface area (Å²) in [5.41, 5.74) is 0.682. The lowest BCUT2D eigenvalue weighted by molar-refractivity contribution is 0.557. The van der Waals surface area contributed by atoms with Crippen LogP contribution in [0.1, 0.15) is 20.3 Å². The van der Waals surface area contributed by atoms with Gasteiger partial charge in [0.25, 0.3) is 0 Å². The lowest BCUT2D eigenvalue weighted by Gasteiger charge is -2.21. The number of nitrogens with one attached hydrogen (secondary N) is 1. The fraction of sp³-hybridized carbons (Fsp3) is 0.438. The normalized spacial score (nSPS) is 18.7. The summed E-state index contributed by atoms with van der Waals surface area (Å²) in [5.74, 6) is -1.41. The molecule has 0 saturated carbocycles. The summed E-state index contributed by atoms with van der Waals surface area (Å²) in [6.45, 7) is 4.32. The van der Waals surface area contributed by atoms with Gasteiger partial charge in [-0.2, -0.15) is 0 Å². The molecule has 8 heteroatoms. The standard InChI is InChI=1S/C16H19F2N3O2S/c1-10(2)20-24(22,23)12-4-6-21(9-12)15-3-5-19-16-13(15)7-11(17)8-14(16)18/h3,5,7-8,10,12,20H,4,6,9H2,1-2H3. The summed E-state index contributed by atoms with van der Waals surface area (Å²) >= 11 is 0. The first-order valence-electron chi connectivity index (χ1n) is 7.78. The van der Waals surface area contributed by atoms with Crippen molar-refractivity contribution in [1.29, 1.82) is 0 Å². The van der Waals surface area contributed by atoms with Gasteiger partial charge in [0.2, 0.25) is 10.0 Å². The van der Waals surface area contributed by atoms with E-state index < -0.39 is 26.9 Å². The first-order chi connectivity index (χ1) is 11.3. The van der Waals surface area contributed by atoms with Crippen molar-refractivity contribution in [2.75, 3.05) is 18.0 Å². The highest BCUT2D eigenvalue weighted by molar-refractivity contribution is 7.90. The average molecular weight is 355 g/mol. The van der Waals surface area contributed by atoms with Crippen molar-refractivity contribution in [3.05, 3.63) is 36.0 Å². The predicted octanol–water partition coefficient (Wildman–Crippen LogP) is 2.42. The van der Waals surface area contributed by atoms with E-state index in [0.717, 1.165) is 6.07 Å². The van der Waals surface area contributed by atoms with E-state index in [1.54, 1.807) is 19.9 Å². The summed E-state index contributed by atoms with van der Waals surface area (Å²) in [4.78, 5) is 5.80. The minimum Gasteiger partial charge on any atom is -0.370 e. The zero-order valence-electron chi connectivity index (χ0n) is 13.5. The number of halogens is 2. The maximum atomic E-state index is 13.9. The fourth-order valence-corrected chi connectivity index (χ4v) is 4.71. The van der Waals surface area contributed by atoms with Crippen LogP contribution >= 0.6 is 0 Å². The second-order valence-electron chi connectivity index (χ2n) is 6.29. The molecule has 0 aliphatic carbocycles. The molecule has 0 radical (unpaired) electrons. The van der Waals surface area contributed by atoms with Crippen molar-refractivity contribution in [3.63, 3.8) is 0 Å². The number of nitrogens with zero attached hydrogens (tertiary/aromatic N) is 2. The highest BCUT2D eigenvalue weighted by Gasteiger charge is 2.34. The molecule has 3 rings (SSSR count). The minimum absolute atomic E-state index is 0.0838. The van der Waals surface area contributed by atoms with Crippen LogP contribution in [-0.2, 0) is 10.0 Å². The van der Waals surface area contributed by atoms with Crippen LogP contribution in [0.2, 0.25) is 0 Å². The lowest BCUT2D eigenvalue weighted by Crippen LogP contribution is -2.39. The Kier molecular flexibility index (Phi) is 4.44. The van der Waals surface area contributed by atoms with Gasteiger partial charge in [0.1, 0.15) is 11.3 Å². The van der Waals surface area contributed by atoms with Crippen LogP contribution < -0.4 is 9.62 Å². The summed E-state index contributed by atoms with van der Waals surface area (Å²) in [7, 11) is -3.43. The van der Waals surface area contributed by atoms with Gasteiger partial charge < -0.3 is 4.90 Å². The highest BCUT2D eigenvalue weighted by atomic mass is 32.2. The quantitative estimate of drug-likeness (QED) is 0.915. The molecule has 24 heavy (non-hydrogen) atoms. The molecule has 5 nitrogen and oxygen atoms in total. The van der Waals surface area contributed by atoms with Crippen molar-refractivity contribution >= 4 is 26.6 Å². The van der Waals surface area contributed by atoms with E-state index in [1.807, 2.05) is 4.90 Å². The zero-order valence-corrected chi connectivity index (χ0v) is 14.3. The molecule has 1 aromatic carbocycles. The number of sulfonamides is 1. The molecule has 130 valence electrons. The Morgan fingerprint density at radius 2 is 2.08 bits per heavy atom. The molecule has 2 aromatic rings. The molecule has 2 heterocycles. The molecule has 1 aliphatic rings. The topological polar surface area (TPSA) is 62.3 Å². The largest absolute Gasteiger partial charge is 0.370 e. The van der Waals surface area contributed by atoms with Gasteiger partial charge in [-0.1, -0.05) is 0 Å². The second kappa shape index (κ2) is 6.25. The zero-order chi connectivity index (χ0) is 17.5. The minimum atomic E-state index is -3.43. The summed E-state index contributed by atoms with van der Waals surface area (Å²) < 4.78 is 54.7. The Bertz CT molecular complexity index is 871. The number of benzene rings is 1. The van der Waals surface area contributed by atoms with Gasteiger partial charge in [0, 0.05) is 42.5 Å². The molecule has 1 N–H and O–H groups in total. The Morgan fingerprint density at radius 3 is 2.79 bits per heavy atom. The highest BCUT2D eigenvalue weighted by Crippen LogP contribution is 2.31. The van der Waals surface area contributed by atoms with Crippen LogP contribution in [-0.4, -0.2) is 37.8 Å². The average Bonchev–Trinajstić information content (AvgIpc) is 2.95. The van der Waals surface area contributed by atoms with Gasteiger partial charge in [-0.15, -0.1) is 0 Å². The van der Waals surface area contributed by atoms with Crippen molar-refractivity contribution in [2.24, 2.45) is 0 Å². The summed E-state index contributed by atoms with van der Waals surface area (Å²) in [5, 5.41) is -0.202. The third-order valence-electron chi connectivity index (χ3n) is 4.06. The van der Waals surface area contributed by atoms with Gasteiger partial charge in [-0.3, -0.25) is 4.98 Å². The molecular weight excluding hydrogens is 336 g/mol. The summed E-state index contributed by atoms with van der Waals surface area (Å²) in [6.07, 6.45) is 1.91. The van der Waals surface area contributed by atoms with Crippen LogP contribution in [0.25, 0.3) is 10.9 Å². The van der Waals surface area contributed by atoms with Crippen molar-refractivity contribution < 1.29 is 17.2 Å². The number of rotatable bonds is 4. The first-order valence-corrected chi connectivity index (χ1v) is 9.32. The summed E-state index contributed by atoms with van der Waals surface area (Å²) in [6, 6.07) is 3.51. The Balaban J connectivity index is 1.93. The van der Waals surface area contributed by atoms with E-state index in [1.165, 1.54) is 12.3 Å². The fourth-order valence-electron chi connectivity index (χ4n) is 3.07. The first kappa shape index (κ1) is 17.0. The smallest absolute Gasteiger partial charge is 0.216 e. The molecule has 1 fully saturated rings. The molecule has 0 amide bonds.